The summed E-state index contributed by atoms with van der Waals surface area (Å²) in [6.07, 6.45) is 2.75. The predicted molar refractivity (Wildman–Crippen MR) is 97.3 cm³/mol. The first kappa shape index (κ1) is 15.0. The molecule has 2 heteroatoms. The number of aromatic nitrogens is 1. The second-order valence-electron chi connectivity index (χ2n) is 5.65. The fourth-order valence-electron chi connectivity index (χ4n) is 2.49. The minimum absolute atomic E-state index is 0.880. The van der Waals surface area contributed by atoms with Gasteiger partial charge >= 0.3 is 0 Å². The molecule has 0 aliphatic carbocycles. The van der Waals surface area contributed by atoms with E-state index in [0.29, 0.717) is 0 Å². The number of anilines is 1. The van der Waals surface area contributed by atoms with Crippen LogP contribution in [-0.2, 0) is 6.42 Å². The summed E-state index contributed by atoms with van der Waals surface area (Å²) in [5.74, 6) is 0. The zero-order valence-electron chi connectivity index (χ0n) is 13.3. The number of benzene rings is 2. The number of hydrogen-bond donors (Lipinski definition) is 1. The van der Waals surface area contributed by atoms with Crippen molar-refractivity contribution in [3.05, 3.63) is 102 Å². The second kappa shape index (κ2) is 6.93. The normalized spacial score (nSPS) is 10.3. The summed E-state index contributed by atoms with van der Waals surface area (Å²) in [7, 11) is 0. The van der Waals surface area contributed by atoms with Crippen molar-refractivity contribution in [2.75, 3.05) is 5.32 Å². The van der Waals surface area contributed by atoms with Gasteiger partial charge in [0.1, 0.15) is 0 Å². The molecule has 0 fully saturated rings. The van der Waals surface area contributed by atoms with E-state index in [0.717, 1.165) is 29.1 Å². The Morgan fingerprint density at radius 1 is 0.957 bits per heavy atom. The van der Waals surface area contributed by atoms with Crippen molar-refractivity contribution in [1.29, 1.82) is 0 Å². The van der Waals surface area contributed by atoms with Gasteiger partial charge in [-0.25, -0.2) is 0 Å². The lowest BCUT2D eigenvalue weighted by molar-refractivity contribution is 1.19. The van der Waals surface area contributed by atoms with Crippen LogP contribution in [0.3, 0.4) is 0 Å². The summed E-state index contributed by atoms with van der Waals surface area (Å²) < 4.78 is 0. The fraction of sp³-hybridized carbons (Fsp3) is 0.0952. The SMILES string of the molecule is C=C(Nc1ccc(C)nc1)c1cccc(Cc2ccccc2)c1. The Balaban J connectivity index is 1.73. The van der Waals surface area contributed by atoms with Crippen LogP contribution in [0.15, 0.2) is 79.5 Å². The van der Waals surface area contributed by atoms with Crippen LogP contribution in [-0.4, -0.2) is 4.98 Å². The molecule has 0 atom stereocenters. The molecule has 2 aromatic carbocycles. The molecular weight excluding hydrogens is 280 g/mol. The highest BCUT2D eigenvalue weighted by atomic mass is 14.9. The van der Waals surface area contributed by atoms with Crippen molar-refractivity contribution in [2.24, 2.45) is 0 Å². The van der Waals surface area contributed by atoms with Gasteiger partial charge in [-0.3, -0.25) is 4.98 Å². The van der Waals surface area contributed by atoms with E-state index in [4.69, 9.17) is 0 Å². The van der Waals surface area contributed by atoms with Crippen LogP contribution in [0.5, 0.6) is 0 Å². The number of aryl methyl sites for hydroxylation is 1. The third-order valence-electron chi connectivity index (χ3n) is 3.73. The van der Waals surface area contributed by atoms with E-state index in [2.05, 4.69) is 65.4 Å². The van der Waals surface area contributed by atoms with Crippen LogP contribution < -0.4 is 5.32 Å². The fourth-order valence-corrected chi connectivity index (χ4v) is 2.49. The van der Waals surface area contributed by atoms with E-state index >= 15 is 0 Å². The second-order valence-corrected chi connectivity index (χ2v) is 5.65. The molecule has 1 aromatic heterocycles. The lowest BCUT2D eigenvalue weighted by Gasteiger charge is -2.11. The standard InChI is InChI=1S/C21H20N2/c1-16-11-12-21(15-22-16)23-17(2)20-10-6-9-19(14-20)13-18-7-4-3-5-8-18/h3-12,14-15,23H,2,13H2,1H3. The first-order valence-electron chi connectivity index (χ1n) is 7.72. The van der Waals surface area contributed by atoms with E-state index in [1.54, 1.807) is 0 Å². The van der Waals surface area contributed by atoms with Gasteiger partial charge in [0.25, 0.3) is 0 Å². The molecule has 0 aliphatic heterocycles. The van der Waals surface area contributed by atoms with Crippen LogP contribution in [0.4, 0.5) is 5.69 Å². The summed E-state index contributed by atoms with van der Waals surface area (Å²) in [4.78, 5) is 4.30. The van der Waals surface area contributed by atoms with E-state index < -0.39 is 0 Å². The Morgan fingerprint density at radius 3 is 2.48 bits per heavy atom. The quantitative estimate of drug-likeness (QED) is 0.712. The molecule has 23 heavy (non-hydrogen) atoms. The van der Waals surface area contributed by atoms with Crippen molar-refractivity contribution in [3.8, 4) is 0 Å². The van der Waals surface area contributed by atoms with Gasteiger partial charge in [-0.05, 0) is 48.2 Å². The van der Waals surface area contributed by atoms with Crippen LogP contribution >= 0.6 is 0 Å². The molecule has 0 aliphatic rings. The zero-order valence-corrected chi connectivity index (χ0v) is 13.3. The molecule has 0 spiro atoms. The van der Waals surface area contributed by atoms with Gasteiger partial charge in [0.05, 0.1) is 11.9 Å². The van der Waals surface area contributed by atoms with Gasteiger partial charge < -0.3 is 5.32 Å². The number of hydrogen-bond acceptors (Lipinski definition) is 2. The van der Waals surface area contributed by atoms with Crippen molar-refractivity contribution < 1.29 is 0 Å². The maximum absolute atomic E-state index is 4.30. The number of pyridine rings is 1. The largest absolute Gasteiger partial charge is 0.354 e. The Labute approximate surface area is 137 Å². The van der Waals surface area contributed by atoms with Gasteiger partial charge in [-0.1, -0.05) is 55.1 Å². The Kier molecular flexibility index (Phi) is 4.53. The van der Waals surface area contributed by atoms with Gasteiger partial charge in [-0.15, -0.1) is 0 Å². The maximum atomic E-state index is 4.30. The molecule has 0 radical (unpaired) electrons. The lowest BCUT2D eigenvalue weighted by Crippen LogP contribution is -1.99. The van der Waals surface area contributed by atoms with Gasteiger partial charge in [0.2, 0.25) is 0 Å². The molecule has 0 saturated carbocycles. The van der Waals surface area contributed by atoms with E-state index in [1.807, 2.05) is 31.3 Å². The number of nitrogens with zero attached hydrogens (tertiary/aromatic N) is 1. The Bertz CT molecular complexity index is 790. The summed E-state index contributed by atoms with van der Waals surface area (Å²) in [6, 6.07) is 23.0. The molecule has 1 N–H and O–H groups in total. The highest BCUT2D eigenvalue weighted by molar-refractivity contribution is 5.75. The monoisotopic (exact) mass is 300 g/mol. The van der Waals surface area contributed by atoms with Crippen LogP contribution in [0.25, 0.3) is 5.70 Å². The molecule has 114 valence electrons. The first-order valence-corrected chi connectivity index (χ1v) is 7.72. The minimum atomic E-state index is 0.880. The first-order chi connectivity index (χ1) is 11.2. The molecule has 3 rings (SSSR count). The number of rotatable bonds is 5. The highest BCUT2D eigenvalue weighted by Gasteiger charge is 2.02. The van der Waals surface area contributed by atoms with Crippen molar-refractivity contribution in [3.63, 3.8) is 0 Å². The third-order valence-corrected chi connectivity index (χ3v) is 3.73. The molecule has 1 heterocycles. The van der Waals surface area contributed by atoms with E-state index in [9.17, 15) is 0 Å². The third kappa shape index (κ3) is 4.07. The summed E-state index contributed by atoms with van der Waals surface area (Å²) >= 11 is 0. The van der Waals surface area contributed by atoms with Gasteiger partial charge in [0.15, 0.2) is 0 Å². The number of nitrogens with one attached hydrogen (secondary N) is 1. The lowest BCUT2D eigenvalue weighted by atomic mass is 10.0. The van der Waals surface area contributed by atoms with Crippen LogP contribution in [0, 0.1) is 6.92 Å². The van der Waals surface area contributed by atoms with Crippen molar-refractivity contribution >= 4 is 11.4 Å². The van der Waals surface area contributed by atoms with Crippen molar-refractivity contribution in [2.45, 2.75) is 13.3 Å². The van der Waals surface area contributed by atoms with Crippen LogP contribution in [0.2, 0.25) is 0 Å². The summed E-state index contributed by atoms with van der Waals surface area (Å²) in [5, 5.41) is 3.32. The minimum Gasteiger partial charge on any atom is -0.354 e. The smallest absolute Gasteiger partial charge is 0.0570 e. The predicted octanol–water partition coefficient (Wildman–Crippen LogP) is 5.06. The Hall–Kier alpha value is -2.87. The molecule has 0 saturated heterocycles. The zero-order chi connectivity index (χ0) is 16.1. The molecule has 0 bridgehead atoms. The topological polar surface area (TPSA) is 24.9 Å². The van der Waals surface area contributed by atoms with Gasteiger partial charge in [-0.2, -0.15) is 0 Å². The van der Waals surface area contributed by atoms with E-state index in [1.165, 1.54) is 11.1 Å². The highest BCUT2D eigenvalue weighted by Crippen LogP contribution is 2.19. The van der Waals surface area contributed by atoms with Gasteiger partial charge in [0, 0.05) is 11.4 Å². The summed E-state index contributed by atoms with van der Waals surface area (Å²) in [5.41, 5.74) is 6.52. The van der Waals surface area contributed by atoms with E-state index in [-0.39, 0.29) is 0 Å². The summed E-state index contributed by atoms with van der Waals surface area (Å²) in [6.45, 7) is 6.13. The van der Waals surface area contributed by atoms with Crippen LogP contribution in [0.1, 0.15) is 22.4 Å². The molecule has 3 aromatic rings. The average Bonchev–Trinajstić information content (AvgIpc) is 2.58. The molecular formula is C21H20N2. The molecule has 0 unspecified atom stereocenters. The molecule has 2 nitrogen and oxygen atoms in total. The average molecular weight is 300 g/mol. The van der Waals surface area contributed by atoms with Crippen molar-refractivity contribution in [1.82, 2.24) is 4.98 Å². The molecule has 0 amide bonds. The Morgan fingerprint density at radius 2 is 1.74 bits per heavy atom. The maximum Gasteiger partial charge on any atom is 0.0570 e.